The number of ether oxygens (including phenoxy) is 1. The van der Waals surface area contributed by atoms with Crippen LogP contribution in [0.5, 0.6) is 5.75 Å². The Labute approximate surface area is 206 Å². The molecule has 4 nitrogen and oxygen atoms in total. The maximum Gasteiger partial charge on any atom is 0.126 e. The van der Waals surface area contributed by atoms with Crippen molar-refractivity contribution in [2.75, 3.05) is 39.1 Å². The number of rotatable bonds is 10. The molecule has 1 aliphatic heterocycles. The molecule has 0 bridgehead atoms. The summed E-state index contributed by atoms with van der Waals surface area (Å²) in [5.41, 5.74) is 2.74. The van der Waals surface area contributed by atoms with Crippen molar-refractivity contribution in [3.63, 3.8) is 0 Å². The molecular formula is C28H35FN2O2S. The standard InChI is InChI=1S/C28H35FN2O2S/c1-20-3-7-24(8-4-20)34-16-15-31-14-12-21(22(18-31)19-32)5-9-27(29)25-11-13-30-28-10-6-23(33-2)17-26(25)28/h3-4,6-8,10-11,13,17,21-22,27,32H,5,9,12,14-16,18-19H2,1-2H3/t21-,22-,27-/m1/s1. The number of hydrogen-bond donors (Lipinski definition) is 1. The molecule has 3 aromatic rings. The predicted molar refractivity (Wildman–Crippen MR) is 138 cm³/mol. The third-order valence-corrected chi connectivity index (χ3v) is 8.01. The number of aryl methyl sites for hydroxylation is 1. The number of likely N-dealkylation sites (tertiary alicyclic amines) is 1. The fraction of sp³-hybridized carbons (Fsp3) is 0.464. The Balaban J connectivity index is 1.29. The molecule has 0 spiro atoms. The van der Waals surface area contributed by atoms with Crippen LogP contribution in [0.15, 0.2) is 59.6 Å². The lowest BCUT2D eigenvalue weighted by Crippen LogP contribution is -2.43. The topological polar surface area (TPSA) is 45.6 Å². The second kappa shape index (κ2) is 12.0. The number of benzene rings is 2. The molecule has 0 unspecified atom stereocenters. The number of alkyl halides is 1. The van der Waals surface area contributed by atoms with E-state index < -0.39 is 6.17 Å². The van der Waals surface area contributed by atoms with Gasteiger partial charge in [-0.3, -0.25) is 4.98 Å². The van der Waals surface area contributed by atoms with E-state index in [0.29, 0.717) is 23.7 Å². The average molecular weight is 483 g/mol. The minimum Gasteiger partial charge on any atom is -0.497 e. The van der Waals surface area contributed by atoms with E-state index in [9.17, 15) is 5.11 Å². The van der Waals surface area contributed by atoms with E-state index >= 15 is 4.39 Å². The minimum absolute atomic E-state index is 0.165. The molecule has 4 rings (SSSR count). The number of piperidine rings is 1. The molecule has 182 valence electrons. The highest BCUT2D eigenvalue weighted by Crippen LogP contribution is 2.35. The van der Waals surface area contributed by atoms with Crippen LogP contribution in [0.4, 0.5) is 4.39 Å². The van der Waals surface area contributed by atoms with Crippen LogP contribution in [0.1, 0.15) is 36.6 Å². The van der Waals surface area contributed by atoms with E-state index in [-0.39, 0.29) is 12.5 Å². The summed E-state index contributed by atoms with van der Waals surface area (Å²) in [6.45, 7) is 5.19. The lowest BCUT2D eigenvalue weighted by Gasteiger charge is -2.38. The van der Waals surface area contributed by atoms with Crippen LogP contribution in [-0.2, 0) is 0 Å². The summed E-state index contributed by atoms with van der Waals surface area (Å²) in [4.78, 5) is 8.12. The zero-order valence-corrected chi connectivity index (χ0v) is 20.9. The van der Waals surface area contributed by atoms with Gasteiger partial charge in [0.1, 0.15) is 11.9 Å². The van der Waals surface area contributed by atoms with Gasteiger partial charge < -0.3 is 14.7 Å². The summed E-state index contributed by atoms with van der Waals surface area (Å²) in [5, 5.41) is 10.9. The maximum absolute atomic E-state index is 15.4. The number of fused-ring (bicyclic) bond motifs is 1. The number of pyridine rings is 1. The molecule has 2 aromatic carbocycles. The van der Waals surface area contributed by atoms with E-state index in [1.807, 2.05) is 30.0 Å². The normalized spacial score (nSPS) is 19.9. The molecule has 34 heavy (non-hydrogen) atoms. The highest BCUT2D eigenvalue weighted by Gasteiger charge is 2.29. The van der Waals surface area contributed by atoms with Gasteiger partial charge in [0, 0.05) is 41.9 Å². The molecule has 3 atom stereocenters. The van der Waals surface area contributed by atoms with Crippen LogP contribution >= 0.6 is 11.8 Å². The van der Waals surface area contributed by atoms with Crippen molar-refractivity contribution < 1.29 is 14.2 Å². The summed E-state index contributed by atoms with van der Waals surface area (Å²) in [7, 11) is 1.62. The van der Waals surface area contributed by atoms with Crippen molar-refractivity contribution in [1.82, 2.24) is 9.88 Å². The fourth-order valence-corrected chi connectivity index (χ4v) is 5.85. The van der Waals surface area contributed by atoms with Crippen LogP contribution in [-0.4, -0.2) is 54.1 Å². The number of methoxy groups -OCH3 is 1. The Kier molecular flexibility index (Phi) is 8.81. The van der Waals surface area contributed by atoms with E-state index in [1.165, 1.54) is 10.5 Å². The molecule has 1 fully saturated rings. The van der Waals surface area contributed by atoms with Gasteiger partial charge >= 0.3 is 0 Å². The second-order valence-electron chi connectivity index (χ2n) is 9.28. The predicted octanol–water partition coefficient (Wildman–Crippen LogP) is 6.07. The maximum atomic E-state index is 15.4. The Bertz CT molecular complexity index is 1060. The average Bonchev–Trinajstić information content (AvgIpc) is 2.88. The van der Waals surface area contributed by atoms with Crippen molar-refractivity contribution in [1.29, 1.82) is 0 Å². The van der Waals surface area contributed by atoms with Crippen LogP contribution in [0, 0.1) is 18.8 Å². The first-order valence-electron chi connectivity index (χ1n) is 12.2. The molecule has 0 aliphatic carbocycles. The number of aliphatic hydroxyl groups excluding tert-OH is 1. The third kappa shape index (κ3) is 6.29. The number of aromatic nitrogens is 1. The smallest absolute Gasteiger partial charge is 0.126 e. The molecule has 0 amide bonds. The fourth-order valence-electron chi connectivity index (χ4n) is 4.94. The zero-order valence-electron chi connectivity index (χ0n) is 20.1. The largest absolute Gasteiger partial charge is 0.497 e. The highest BCUT2D eigenvalue weighted by atomic mass is 32.2. The quantitative estimate of drug-likeness (QED) is 0.356. The van der Waals surface area contributed by atoms with Crippen molar-refractivity contribution >= 4 is 22.7 Å². The molecule has 0 radical (unpaired) electrons. The van der Waals surface area contributed by atoms with Crippen molar-refractivity contribution in [3.8, 4) is 5.75 Å². The molecule has 0 saturated carbocycles. The van der Waals surface area contributed by atoms with Crippen molar-refractivity contribution in [2.45, 2.75) is 37.3 Å². The Morgan fingerprint density at radius 3 is 2.76 bits per heavy atom. The molecule has 1 N–H and O–H groups in total. The van der Waals surface area contributed by atoms with E-state index in [1.54, 1.807) is 19.4 Å². The summed E-state index contributed by atoms with van der Waals surface area (Å²) in [6, 6.07) is 16.0. The second-order valence-corrected chi connectivity index (χ2v) is 10.5. The molecule has 6 heteroatoms. The first-order chi connectivity index (χ1) is 16.6. The summed E-state index contributed by atoms with van der Waals surface area (Å²) < 4.78 is 20.7. The first-order valence-corrected chi connectivity index (χ1v) is 13.2. The summed E-state index contributed by atoms with van der Waals surface area (Å²) >= 11 is 1.88. The van der Waals surface area contributed by atoms with E-state index in [4.69, 9.17) is 4.74 Å². The van der Waals surface area contributed by atoms with Gasteiger partial charge in [0.15, 0.2) is 0 Å². The molecule has 1 aliphatic rings. The minimum atomic E-state index is -1.05. The monoisotopic (exact) mass is 482 g/mol. The molecule has 1 saturated heterocycles. The van der Waals surface area contributed by atoms with Crippen LogP contribution in [0.3, 0.4) is 0 Å². The van der Waals surface area contributed by atoms with E-state index in [2.05, 4.69) is 41.1 Å². The number of hydrogen-bond acceptors (Lipinski definition) is 5. The van der Waals surface area contributed by atoms with Gasteiger partial charge in [-0.1, -0.05) is 17.7 Å². The van der Waals surface area contributed by atoms with Crippen molar-refractivity contribution in [3.05, 3.63) is 65.9 Å². The van der Waals surface area contributed by atoms with Crippen molar-refractivity contribution in [2.24, 2.45) is 11.8 Å². The summed E-state index contributed by atoms with van der Waals surface area (Å²) in [6.07, 6.45) is 2.88. The Morgan fingerprint density at radius 1 is 1.18 bits per heavy atom. The summed E-state index contributed by atoms with van der Waals surface area (Å²) in [5.74, 6) is 2.31. The first kappa shape index (κ1) is 25.0. The SMILES string of the molecule is COc1ccc2nccc([C@H](F)CC[C@@H]3CCN(CCSc4ccc(C)cc4)C[C@@H]3CO)c2c1. The van der Waals surface area contributed by atoms with Crippen LogP contribution in [0.2, 0.25) is 0 Å². The third-order valence-electron chi connectivity index (χ3n) is 7.02. The van der Waals surface area contributed by atoms with Gasteiger partial charge in [-0.15, -0.1) is 11.8 Å². The van der Waals surface area contributed by atoms with Crippen LogP contribution < -0.4 is 4.74 Å². The lowest BCUT2D eigenvalue weighted by molar-refractivity contribution is 0.0672. The zero-order chi connectivity index (χ0) is 23.9. The highest BCUT2D eigenvalue weighted by molar-refractivity contribution is 7.99. The molecular weight excluding hydrogens is 447 g/mol. The van der Waals surface area contributed by atoms with E-state index in [0.717, 1.165) is 49.1 Å². The van der Waals surface area contributed by atoms with Gasteiger partial charge in [0.05, 0.1) is 12.6 Å². The number of aliphatic hydroxyl groups is 1. The lowest BCUT2D eigenvalue weighted by atomic mass is 9.81. The number of nitrogens with zero attached hydrogens (tertiary/aromatic N) is 2. The van der Waals surface area contributed by atoms with Gasteiger partial charge in [-0.05, 0) is 86.5 Å². The van der Waals surface area contributed by atoms with Gasteiger partial charge in [-0.25, -0.2) is 4.39 Å². The van der Waals surface area contributed by atoms with Gasteiger partial charge in [0.25, 0.3) is 0 Å². The number of halogens is 1. The van der Waals surface area contributed by atoms with Gasteiger partial charge in [0.2, 0.25) is 0 Å². The van der Waals surface area contributed by atoms with Crippen LogP contribution in [0.25, 0.3) is 10.9 Å². The molecule has 2 heterocycles. The number of thioether (sulfide) groups is 1. The van der Waals surface area contributed by atoms with Gasteiger partial charge in [-0.2, -0.15) is 0 Å². The Morgan fingerprint density at radius 2 is 2.00 bits per heavy atom. The molecule has 1 aromatic heterocycles. The Hall–Kier alpha value is -2.15.